The minimum Gasteiger partial charge on any atom is -0.481 e. The van der Waals surface area contributed by atoms with Crippen LogP contribution in [0.4, 0.5) is 0 Å². The summed E-state index contributed by atoms with van der Waals surface area (Å²) < 4.78 is 23.0. The van der Waals surface area contributed by atoms with Crippen LogP contribution in [0.5, 0.6) is 0 Å². The summed E-state index contributed by atoms with van der Waals surface area (Å²) in [6, 6.07) is -0.222. The zero-order chi connectivity index (χ0) is 16.0. The van der Waals surface area contributed by atoms with Gasteiger partial charge in [0, 0.05) is 19.0 Å². The van der Waals surface area contributed by atoms with Crippen LogP contribution in [-0.2, 0) is 19.4 Å². The molecule has 0 saturated carbocycles. The van der Waals surface area contributed by atoms with Crippen molar-refractivity contribution in [3.63, 3.8) is 0 Å². The summed E-state index contributed by atoms with van der Waals surface area (Å²) in [5.41, 5.74) is 0. The van der Waals surface area contributed by atoms with Gasteiger partial charge >= 0.3 is 5.97 Å². The number of nitrogens with zero attached hydrogens (tertiary/aromatic N) is 2. The second kappa shape index (κ2) is 7.74. The fourth-order valence-electron chi connectivity index (χ4n) is 2.56. The number of carbonyl (C=O) groups is 2. The number of likely N-dealkylation sites (N-methyl/N-ethyl adjacent to an activating group) is 2. The number of rotatable bonds is 8. The highest BCUT2D eigenvalue weighted by atomic mass is 32.2. The number of hydrogen-bond acceptors (Lipinski definition) is 5. The van der Waals surface area contributed by atoms with Gasteiger partial charge in [0.15, 0.2) is 9.84 Å². The van der Waals surface area contributed by atoms with Gasteiger partial charge in [-0.05, 0) is 33.4 Å². The minimum absolute atomic E-state index is 0.0509. The lowest BCUT2D eigenvalue weighted by Crippen LogP contribution is -2.45. The molecule has 0 aromatic heterocycles. The Kier molecular flexibility index (Phi) is 6.60. The summed E-state index contributed by atoms with van der Waals surface area (Å²) in [4.78, 5) is 26.1. The van der Waals surface area contributed by atoms with E-state index in [9.17, 15) is 18.0 Å². The summed E-state index contributed by atoms with van der Waals surface area (Å²) in [5, 5.41) is 8.58. The van der Waals surface area contributed by atoms with Crippen molar-refractivity contribution < 1.29 is 23.1 Å². The van der Waals surface area contributed by atoms with Gasteiger partial charge in [-0.1, -0.05) is 0 Å². The molecule has 1 saturated heterocycles. The maximum absolute atomic E-state index is 12.3. The van der Waals surface area contributed by atoms with Crippen LogP contribution in [0.1, 0.15) is 26.2 Å². The van der Waals surface area contributed by atoms with Gasteiger partial charge in [0.2, 0.25) is 5.91 Å². The fraction of sp³-hybridized carbons (Fsp3) is 0.846. The molecule has 0 radical (unpaired) electrons. The van der Waals surface area contributed by atoms with Crippen molar-refractivity contribution in [2.24, 2.45) is 0 Å². The standard InChI is InChI=1S/C13H24N2O5S/c1-3-15(11-6-8-21(19,20)10-11)12(16)9-14(2)7-4-5-13(17)18/h11H,3-10H2,1-2H3,(H,17,18). The van der Waals surface area contributed by atoms with Crippen LogP contribution in [0, 0.1) is 0 Å². The van der Waals surface area contributed by atoms with Crippen LogP contribution >= 0.6 is 0 Å². The molecular weight excluding hydrogens is 296 g/mol. The van der Waals surface area contributed by atoms with Crippen LogP contribution in [0.2, 0.25) is 0 Å². The van der Waals surface area contributed by atoms with E-state index in [0.29, 0.717) is 25.9 Å². The van der Waals surface area contributed by atoms with Crippen molar-refractivity contribution in [2.75, 3.05) is 38.2 Å². The van der Waals surface area contributed by atoms with Crippen LogP contribution < -0.4 is 0 Å². The van der Waals surface area contributed by atoms with Crippen LogP contribution in [0.15, 0.2) is 0 Å². The minimum atomic E-state index is -3.01. The van der Waals surface area contributed by atoms with E-state index in [1.165, 1.54) is 0 Å². The van der Waals surface area contributed by atoms with E-state index in [2.05, 4.69) is 0 Å². The number of carboxylic acids is 1. The first-order valence-corrected chi connectivity index (χ1v) is 8.97. The van der Waals surface area contributed by atoms with Crippen molar-refractivity contribution in [3.05, 3.63) is 0 Å². The van der Waals surface area contributed by atoms with E-state index >= 15 is 0 Å². The molecule has 0 bridgehead atoms. The Balaban J connectivity index is 2.46. The van der Waals surface area contributed by atoms with Gasteiger partial charge in [0.1, 0.15) is 0 Å². The van der Waals surface area contributed by atoms with E-state index < -0.39 is 15.8 Å². The summed E-state index contributed by atoms with van der Waals surface area (Å²) in [6.45, 7) is 3.04. The van der Waals surface area contributed by atoms with Crippen molar-refractivity contribution in [1.29, 1.82) is 0 Å². The lowest BCUT2D eigenvalue weighted by atomic mass is 10.2. The average molecular weight is 320 g/mol. The largest absolute Gasteiger partial charge is 0.481 e. The Hall–Kier alpha value is -1.15. The smallest absolute Gasteiger partial charge is 0.303 e. The molecule has 1 aliphatic rings. The average Bonchev–Trinajstić information content (AvgIpc) is 2.69. The molecule has 1 rings (SSSR count). The van der Waals surface area contributed by atoms with Crippen LogP contribution in [0.25, 0.3) is 0 Å². The topological polar surface area (TPSA) is 95.0 Å². The molecule has 1 atom stereocenters. The third-order valence-corrected chi connectivity index (χ3v) is 5.40. The Bertz CT molecular complexity index is 477. The van der Waals surface area contributed by atoms with Gasteiger partial charge in [-0.3, -0.25) is 14.5 Å². The summed E-state index contributed by atoms with van der Waals surface area (Å²) in [5.74, 6) is -0.746. The molecular formula is C13H24N2O5S. The van der Waals surface area contributed by atoms with E-state index in [-0.39, 0.29) is 36.4 Å². The number of amides is 1. The number of carbonyl (C=O) groups excluding carboxylic acids is 1. The van der Waals surface area contributed by atoms with Gasteiger partial charge < -0.3 is 10.0 Å². The Labute approximate surface area is 125 Å². The number of sulfone groups is 1. The number of hydrogen-bond donors (Lipinski definition) is 1. The predicted molar refractivity (Wildman–Crippen MR) is 78.8 cm³/mol. The molecule has 8 heteroatoms. The summed E-state index contributed by atoms with van der Waals surface area (Å²) in [7, 11) is -1.25. The maximum Gasteiger partial charge on any atom is 0.303 e. The second-order valence-electron chi connectivity index (χ2n) is 5.47. The molecule has 0 aromatic rings. The zero-order valence-electron chi connectivity index (χ0n) is 12.6. The van der Waals surface area contributed by atoms with E-state index in [0.717, 1.165) is 0 Å². The van der Waals surface area contributed by atoms with Crippen LogP contribution in [-0.4, -0.2) is 79.4 Å². The lowest BCUT2D eigenvalue weighted by Gasteiger charge is -2.29. The maximum atomic E-state index is 12.3. The summed E-state index contributed by atoms with van der Waals surface area (Å²) in [6.07, 6.45) is 1.07. The fourth-order valence-corrected chi connectivity index (χ4v) is 4.29. The molecule has 1 N–H and O–H groups in total. The second-order valence-corrected chi connectivity index (χ2v) is 7.70. The van der Waals surface area contributed by atoms with Crippen molar-refractivity contribution in [3.8, 4) is 0 Å². The molecule has 1 fully saturated rings. The lowest BCUT2D eigenvalue weighted by molar-refractivity contribution is -0.137. The molecule has 1 amide bonds. The molecule has 7 nitrogen and oxygen atoms in total. The third kappa shape index (κ3) is 6.01. The van der Waals surface area contributed by atoms with E-state index in [4.69, 9.17) is 5.11 Å². The highest BCUT2D eigenvalue weighted by Gasteiger charge is 2.33. The van der Waals surface area contributed by atoms with Crippen LogP contribution in [0.3, 0.4) is 0 Å². The van der Waals surface area contributed by atoms with Crippen molar-refractivity contribution in [2.45, 2.75) is 32.2 Å². The first kappa shape index (κ1) is 17.9. The van der Waals surface area contributed by atoms with Gasteiger partial charge in [-0.15, -0.1) is 0 Å². The first-order chi connectivity index (χ1) is 9.75. The zero-order valence-corrected chi connectivity index (χ0v) is 13.4. The van der Waals surface area contributed by atoms with E-state index in [1.807, 2.05) is 6.92 Å². The highest BCUT2D eigenvalue weighted by molar-refractivity contribution is 7.91. The van der Waals surface area contributed by atoms with Gasteiger partial charge in [-0.2, -0.15) is 0 Å². The molecule has 0 aromatic carbocycles. The molecule has 1 heterocycles. The Morgan fingerprint density at radius 2 is 2.00 bits per heavy atom. The normalized spacial score (nSPS) is 20.6. The van der Waals surface area contributed by atoms with Gasteiger partial charge in [0.05, 0.1) is 18.1 Å². The van der Waals surface area contributed by atoms with Gasteiger partial charge in [0.25, 0.3) is 0 Å². The van der Waals surface area contributed by atoms with E-state index in [1.54, 1.807) is 16.8 Å². The molecule has 1 unspecified atom stereocenters. The molecule has 0 aliphatic carbocycles. The molecule has 122 valence electrons. The molecule has 21 heavy (non-hydrogen) atoms. The van der Waals surface area contributed by atoms with Crippen molar-refractivity contribution >= 4 is 21.7 Å². The third-order valence-electron chi connectivity index (χ3n) is 3.65. The monoisotopic (exact) mass is 320 g/mol. The Morgan fingerprint density at radius 1 is 1.33 bits per heavy atom. The SMILES string of the molecule is CCN(C(=O)CN(C)CCCC(=O)O)C1CCS(=O)(=O)C1. The predicted octanol–water partition coefficient (Wildman–Crippen LogP) is -0.181. The first-order valence-electron chi connectivity index (χ1n) is 7.15. The van der Waals surface area contributed by atoms with Crippen molar-refractivity contribution in [1.82, 2.24) is 9.80 Å². The molecule has 1 aliphatic heterocycles. The highest BCUT2D eigenvalue weighted by Crippen LogP contribution is 2.17. The number of carboxylic acid groups (broad SMARTS) is 1. The molecule has 0 spiro atoms. The number of aliphatic carboxylic acids is 1. The van der Waals surface area contributed by atoms with Gasteiger partial charge in [-0.25, -0.2) is 8.42 Å². The quantitative estimate of drug-likeness (QED) is 0.666. The summed E-state index contributed by atoms with van der Waals surface area (Å²) >= 11 is 0. The Morgan fingerprint density at radius 3 is 2.48 bits per heavy atom.